The van der Waals surface area contributed by atoms with Crippen molar-refractivity contribution in [2.75, 3.05) is 0 Å². The molecule has 0 aliphatic heterocycles. The maximum absolute atomic E-state index is 6.22. The summed E-state index contributed by atoms with van der Waals surface area (Å²) in [4.78, 5) is 0. The van der Waals surface area contributed by atoms with Gasteiger partial charge in [-0.15, -0.1) is 0 Å². The highest BCUT2D eigenvalue weighted by atomic mass is 35.5. The molecule has 1 aliphatic carbocycles. The first kappa shape index (κ1) is 9.26. The van der Waals surface area contributed by atoms with Crippen LogP contribution >= 0.6 is 23.2 Å². The van der Waals surface area contributed by atoms with E-state index in [1.165, 1.54) is 16.7 Å². The summed E-state index contributed by atoms with van der Waals surface area (Å²) in [5.74, 6) is 0. The lowest BCUT2D eigenvalue weighted by molar-refractivity contribution is 1.26. The summed E-state index contributed by atoms with van der Waals surface area (Å²) in [6, 6.07) is 12.2. The summed E-state index contributed by atoms with van der Waals surface area (Å²) in [6.45, 7) is 0. The summed E-state index contributed by atoms with van der Waals surface area (Å²) < 4.78 is 0. The Balaban J connectivity index is 2.33. The van der Waals surface area contributed by atoms with Gasteiger partial charge >= 0.3 is 0 Å². The standard InChI is InChI=1S/C13H8Cl2/c14-10-6-9-5-8-3-1-2-4-11(8)13(9)12(15)7-10/h1-4,6-7H,5H2. The smallest absolute Gasteiger partial charge is 0.0502 e. The van der Waals surface area contributed by atoms with Gasteiger partial charge in [-0.1, -0.05) is 47.5 Å². The number of halogens is 2. The third-order valence-corrected chi connectivity index (χ3v) is 3.32. The first-order chi connectivity index (χ1) is 7.25. The summed E-state index contributed by atoms with van der Waals surface area (Å²) in [5.41, 5.74) is 4.95. The van der Waals surface area contributed by atoms with E-state index in [4.69, 9.17) is 23.2 Å². The molecule has 2 aromatic carbocycles. The molecule has 0 bridgehead atoms. The maximum Gasteiger partial charge on any atom is 0.0502 e. The van der Waals surface area contributed by atoms with E-state index >= 15 is 0 Å². The monoisotopic (exact) mass is 234 g/mol. The lowest BCUT2D eigenvalue weighted by Gasteiger charge is -2.04. The molecule has 0 spiro atoms. The van der Waals surface area contributed by atoms with Crippen molar-refractivity contribution in [2.24, 2.45) is 0 Å². The zero-order chi connectivity index (χ0) is 10.4. The van der Waals surface area contributed by atoms with Crippen LogP contribution in [0.2, 0.25) is 10.0 Å². The van der Waals surface area contributed by atoms with Crippen molar-refractivity contribution in [3.63, 3.8) is 0 Å². The van der Waals surface area contributed by atoms with E-state index in [2.05, 4.69) is 18.2 Å². The lowest BCUT2D eigenvalue weighted by Crippen LogP contribution is -1.80. The van der Waals surface area contributed by atoms with Crippen LogP contribution in [0.25, 0.3) is 11.1 Å². The Bertz CT molecular complexity index is 544. The van der Waals surface area contributed by atoms with E-state index in [0.29, 0.717) is 5.02 Å². The molecule has 0 heterocycles. The van der Waals surface area contributed by atoms with Crippen molar-refractivity contribution in [1.29, 1.82) is 0 Å². The van der Waals surface area contributed by atoms with Crippen LogP contribution in [-0.2, 0) is 6.42 Å². The normalized spacial score (nSPS) is 12.4. The highest BCUT2D eigenvalue weighted by Crippen LogP contribution is 2.42. The number of hydrogen-bond donors (Lipinski definition) is 0. The molecule has 0 atom stereocenters. The predicted octanol–water partition coefficient (Wildman–Crippen LogP) is 4.56. The van der Waals surface area contributed by atoms with E-state index < -0.39 is 0 Å². The van der Waals surface area contributed by atoms with Crippen LogP contribution in [0.15, 0.2) is 36.4 Å². The minimum atomic E-state index is 0.714. The highest BCUT2D eigenvalue weighted by Gasteiger charge is 2.20. The Morgan fingerprint density at radius 3 is 2.60 bits per heavy atom. The third kappa shape index (κ3) is 1.37. The molecule has 15 heavy (non-hydrogen) atoms. The van der Waals surface area contributed by atoms with Gasteiger partial charge in [0.05, 0.1) is 5.02 Å². The SMILES string of the molecule is Clc1cc(Cl)c2c(c1)Cc1ccccc1-2. The zero-order valence-electron chi connectivity index (χ0n) is 7.93. The molecule has 0 N–H and O–H groups in total. The Hall–Kier alpha value is -0.980. The average molecular weight is 235 g/mol. The van der Waals surface area contributed by atoms with Gasteiger partial charge < -0.3 is 0 Å². The lowest BCUT2D eigenvalue weighted by atomic mass is 10.1. The van der Waals surface area contributed by atoms with Crippen molar-refractivity contribution in [2.45, 2.75) is 6.42 Å². The highest BCUT2D eigenvalue weighted by molar-refractivity contribution is 6.36. The molecule has 3 rings (SSSR count). The molecule has 2 aromatic rings. The second kappa shape index (κ2) is 3.26. The van der Waals surface area contributed by atoms with E-state index in [1.54, 1.807) is 0 Å². The third-order valence-electron chi connectivity index (χ3n) is 2.80. The van der Waals surface area contributed by atoms with Gasteiger partial charge in [-0.2, -0.15) is 0 Å². The minimum Gasteiger partial charge on any atom is -0.0843 e. The zero-order valence-corrected chi connectivity index (χ0v) is 9.44. The summed E-state index contributed by atoms with van der Waals surface area (Å²) in [6.07, 6.45) is 0.936. The fourth-order valence-corrected chi connectivity index (χ4v) is 2.83. The maximum atomic E-state index is 6.22. The second-order valence-corrected chi connectivity index (χ2v) is 4.60. The van der Waals surface area contributed by atoms with Gasteiger partial charge in [0.2, 0.25) is 0 Å². The summed E-state index contributed by atoms with van der Waals surface area (Å²) in [5, 5.41) is 1.47. The number of benzene rings is 2. The molecular weight excluding hydrogens is 227 g/mol. The molecule has 74 valence electrons. The number of fused-ring (bicyclic) bond motifs is 3. The van der Waals surface area contributed by atoms with Gasteiger partial charge in [0.1, 0.15) is 0 Å². The Kier molecular flexibility index (Phi) is 2.01. The van der Waals surface area contributed by atoms with Crippen molar-refractivity contribution in [3.8, 4) is 11.1 Å². The van der Waals surface area contributed by atoms with Gasteiger partial charge in [0.25, 0.3) is 0 Å². The Labute approximate surface area is 98.5 Å². The summed E-state index contributed by atoms with van der Waals surface area (Å²) >= 11 is 12.2. The molecule has 0 fully saturated rings. The van der Waals surface area contributed by atoms with Gasteiger partial charge in [-0.05, 0) is 35.2 Å². The molecule has 0 saturated heterocycles. The van der Waals surface area contributed by atoms with Crippen molar-refractivity contribution >= 4 is 23.2 Å². The van der Waals surface area contributed by atoms with Crippen molar-refractivity contribution in [1.82, 2.24) is 0 Å². The largest absolute Gasteiger partial charge is 0.0843 e. The first-order valence-electron chi connectivity index (χ1n) is 4.82. The fraction of sp³-hybridized carbons (Fsp3) is 0.0769. The van der Waals surface area contributed by atoms with E-state index in [9.17, 15) is 0 Å². The molecule has 0 aromatic heterocycles. The van der Waals surface area contributed by atoms with E-state index in [0.717, 1.165) is 17.0 Å². The van der Waals surface area contributed by atoms with Crippen LogP contribution in [0.1, 0.15) is 11.1 Å². The fourth-order valence-electron chi connectivity index (χ4n) is 2.19. The Morgan fingerprint density at radius 1 is 0.933 bits per heavy atom. The second-order valence-electron chi connectivity index (χ2n) is 3.76. The van der Waals surface area contributed by atoms with Crippen LogP contribution in [0.5, 0.6) is 0 Å². The van der Waals surface area contributed by atoms with Gasteiger partial charge in [-0.25, -0.2) is 0 Å². The quantitative estimate of drug-likeness (QED) is 0.535. The molecule has 0 amide bonds. The van der Waals surface area contributed by atoms with Crippen molar-refractivity contribution in [3.05, 3.63) is 57.6 Å². The molecule has 0 unspecified atom stereocenters. The van der Waals surface area contributed by atoms with E-state index in [-0.39, 0.29) is 0 Å². The molecule has 0 nitrogen and oxygen atoms in total. The van der Waals surface area contributed by atoms with Crippen LogP contribution in [-0.4, -0.2) is 0 Å². The Morgan fingerprint density at radius 2 is 1.73 bits per heavy atom. The molecule has 2 heteroatoms. The van der Waals surface area contributed by atoms with E-state index in [1.807, 2.05) is 18.2 Å². The molecule has 0 radical (unpaired) electrons. The predicted molar refractivity (Wildman–Crippen MR) is 64.7 cm³/mol. The average Bonchev–Trinajstić information content (AvgIpc) is 2.54. The van der Waals surface area contributed by atoms with Gasteiger partial charge in [-0.3, -0.25) is 0 Å². The molecule has 0 saturated carbocycles. The first-order valence-corrected chi connectivity index (χ1v) is 5.57. The number of rotatable bonds is 0. The number of hydrogen-bond acceptors (Lipinski definition) is 0. The molecular formula is C13H8Cl2. The van der Waals surface area contributed by atoms with Gasteiger partial charge in [0, 0.05) is 10.6 Å². The van der Waals surface area contributed by atoms with Crippen LogP contribution in [0.4, 0.5) is 0 Å². The molecule has 1 aliphatic rings. The van der Waals surface area contributed by atoms with Crippen LogP contribution < -0.4 is 0 Å². The summed E-state index contributed by atoms with van der Waals surface area (Å²) in [7, 11) is 0. The van der Waals surface area contributed by atoms with Crippen LogP contribution in [0, 0.1) is 0 Å². The minimum absolute atomic E-state index is 0.714. The van der Waals surface area contributed by atoms with Gasteiger partial charge in [0.15, 0.2) is 0 Å². The topological polar surface area (TPSA) is 0 Å². The van der Waals surface area contributed by atoms with Crippen molar-refractivity contribution < 1.29 is 0 Å². The van der Waals surface area contributed by atoms with Crippen LogP contribution in [0.3, 0.4) is 0 Å².